The number of hydrogen-bond acceptors (Lipinski definition) is 9. The molecule has 11 heteroatoms. The average Bonchev–Trinajstić information content (AvgIpc) is 3.18. The Balaban J connectivity index is 2.25. The van der Waals surface area contributed by atoms with Crippen LogP contribution in [0.4, 0.5) is 5.69 Å². The predicted octanol–water partition coefficient (Wildman–Crippen LogP) is 2.53. The smallest absolute Gasteiger partial charge is 0.339 e. The summed E-state index contributed by atoms with van der Waals surface area (Å²) in [7, 11) is 0. The quantitative estimate of drug-likeness (QED) is 0.273. The summed E-state index contributed by atoms with van der Waals surface area (Å²) >= 11 is 0. The van der Waals surface area contributed by atoms with E-state index in [4.69, 9.17) is 9.47 Å². The minimum Gasteiger partial charge on any atom is -0.464 e. The predicted molar refractivity (Wildman–Crippen MR) is 115 cm³/mol. The molecule has 1 aliphatic heterocycles. The van der Waals surface area contributed by atoms with Gasteiger partial charge in [0.2, 0.25) is 11.6 Å². The number of hydrogen-bond donors (Lipinski definition) is 1. The second-order valence-electron chi connectivity index (χ2n) is 7.38. The van der Waals surface area contributed by atoms with Crippen molar-refractivity contribution in [2.24, 2.45) is 0 Å². The van der Waals surface area contributed by atoms with Crippen LogP contribution in [0, 0.1) is 20.2 Å². The molecule has 1 N–H and O–H groups in total. The van der Waals surface area contributed by atoms with Crippen LogP contribution in [-0.2, 0) is 19.1 Å². The third kappa shape index (κ3) is 4.27. The monoisotopic (exact) mass is 457 g/mol. The molecule has 1 fully saturated rings. The van der Waals surface area contributed by atoms with E-state index in [1.54, 1.807) is 44.2 Å². The summed E-state index contributed by atoms with van der Waals surface area (Å²) in [4.78, 5) is 48.7. The molecule has 0 radical (unpaired) electrons. The summed E-state index contributed by atoms with van der Waals surface area (Å²) in [5, 5.41) is 26.2. The number of rotatable bonds is 8. The van der Waals surface area contributed by atoms with Gasteiger partial charge in [-0.3, -0.25) is 25.5 Å². The van der Waals surface area contributed by atoms with Gasteiger partial charge in [0, 0.05) is 17.1 Å². The normalized spacial score (nSPS) is 21.2. The van der Waals surface area contributed by atoms with E-state index < -0.39 is 45.3 Å². The lowest BCUT2D eigenvalue weighted by atomic mass is 9.77. The first kappa shape index (κ1) is 23.8. The fourth-order valence-electron chi connectivity index (χ4n) is 4.25. The molecule has 174 valence electrons. The lowest BCUT2D eigenvalue weighted by Gasteiger charge is -2.30. The van der Waals surface area contributed by atoms with E-state index in [2.05, 4.69) is 5.32 Å². The van der Waals surface area contributed by atoms with Crippen molar-refractivity contribution in [3.05, 3.63) is 86.0 Å². The minimum absolute atomic E-state index is 0.0610. The Kier molecular flexibility index (Phi) is 7.02. The number of benzene rings is 2. The standard InChI is InChI=1S/C22H23N3O8/c1-3-32-20(26)22(21(27)33-4-2)17(14-8-6-5-7-9-14)19(25(30)31)18(23-22)15-10-12-16(13-11-15)24(28)29/h5-13,17-19,23H,3-4H2,1-2H3/t17-,18-,19-/m1/s1. The van der Waals surface area contributed by atoms with Crippen LogP contribution in [0.2, 0.25) is 0 Å². The third-order valence-corrected chi connectivity index (χ3v) is 5.59. The van der Waals surface area contributed by atoms with Gasteiger partial charge in [0.25, 0.3) is 5.69 Å². The summed E-state index contributed by atoms with van der Waals surface area (Å²) in [5.74, 6) is -3.26. The van der Waals surface area contributed by atoms with Crippen LogP contribution in [0.25, 0.3) is 0 Å². The maximum atomic E-state index is 13.3. The summed E-state index contributed by atoms with van der Waals surface area (Å²) in [5.41, 5.74) is -1.72. The van der Waals surface area contributed by atoms with Gasteiger partial charge in [0.15, 0.2) is 0 Å². The number of esters is 2. The largest absolute Gasteiger partial charge is 0.464 e. The zero-order chi connectivity index (χ0) is 24.2. The molecule has 2 aromatic rings. The summed E-state index contributed by atoms with van der Waals surface area (Å²) < 4.78 is 10.4. The highest BCUT2D eigenvalue weighted by Gasteiger charge is 2.69. The van der Waals surface area contributed by atoms with Crippen molar-refractivity contribution >= 4 is 17.6 Å². The van der Waals surface area contributed by atoms with Gasteiger partial charge in [-0.2, -0.15) is 0 Å². The lowest BCUT2D eigenvalue weighted by Crippen LogP contribution is -2.60. The molecule has 1 heterocycles. The molecule has 2 aromatic carbocycles. The topological polar surface area (TPSA) is 151 Å². The van der Waals surface area contributed by atoms with E-state index in [0.29, 0.717) is 11.1 Å². The van der Waals surface area contributed by atoms with Crippen molar-refractivity contribution in [1.82, 2.24) is 5.32 Å². The van der Waals surface area contributed by atoms with Gasteiger partial charge in [-0.25, -0.2) is 9.59 Å². The molecule has 1 saturated heterocycles. The number of non-ortho nitro benzene ring substituents is 1. The maximum Gasteiger partial charge on any atom is 0.339 e. The van der Waals surface area contributed by atoms with Crippen LogP contribution >= 0.6 is 0 Å². The Morgan fingerprint density at radius 2 is 1.45 bits per heavy atom. The van der Waals surface area contributed by atoms with Crippen LogP contribution in [0.1, 0.15) is 36.9 Å². The average molecular weight is 457 g/mol. The van der Waals surface area contributed by atoms with Crippen LogP contribution in [0.3, 0.4) is 0 Å². The Morgan fingerprint density at radius 1 is 0.909 bits per heavy atom. The number of nitro groups is 2. The second kappa shape index (κ2) is 9.74. The number of nitrogens with zero attached hydrogens (tertiary/aromatic N) is 2. The summed E-state index contributed by atoms with van der Waals surface area (Å²) in [6, 6.07) is 10.7. The molecule has 0 unspecified atom stereocenters. The Morgan fingerprint density at radius 3 is 1.91 bits per heavy atom. The van der Waals surface area contributed by atoms with Gasteiger partial charge in [0.05, 0.1) is 24.1 Å². The fourth-order valence-corrected chi connectivity index (χ4v) is 4.25. The highest BCUT2D eigenvalue weighted by atomic mass is 16.6. The number of carbonyl (C=O) groups is 2. The van der Waals surface area contributed by atoms with E-state index in [1.165, 1.54) is 24.3 Å². The molecular formula is C22H23N3O8. The highest BCUT2D eigenvalue weighted by molar-refractivity contribution is 6.07. The molecular weight excluding hydrogens is 434 g/mol. The first-order valence-corrected chi connectivity index (χ1v) is 10.3. The molecule has 1 aliphatic rings. The van der Waals surface area contributed by atoms with Crippen LogP contribution in [-0.4, -0.2) is 46.6 Å². The van der Waals surface area contributed by atoms with E-state index in [0.717, 1.165) is 0 Å². The third-order valence-electron chi connectivity index (χ3n) is 5.59. The number of ether oxygens (including phenoxy) is 2. The van der Waals surface area contributed by atoms with Crippen LogP contribution < -0.4 is 5.32 Å². The van der Waals surface area contributed by atoms with Gasteiger partial charge < -0.3 is 9.47 Å². The number of carbonyl (C=O) groups excluding carboxylic acids is 2. The zero-order valence-electron chi connectivity index (χ0n) is 18.0. The summed E-state index contributed by atoms with van der Waals surface area (Å²) in [6.45, 7) is 2.99. The van der Waals surface area contributed by atoms with Gasteiger partial charge >= 0.3 is 11.9 Å². The zero-order valence-corrected chi connectivity index (χ0v) is 18.0. The number of nitro benzene ring substituents is 1. The molecule has 0 spiro atoms. The van der Waals surface area contributed by atoms with Crippen LogP contribution in [0.15, 0.2) is 54.6 Å². The van der Waals surface area contributed by atoms with Crippen LogP contribution in [0.5, 0.6) is 0 Å². The van der Waals surface area contributed by atoms with Crippen molar-refractivity contribution in [1.29, 1.82) is 0 Å². The molecule has 0 saturated carbocycles. The summed E-state index contributed by atoms with van der Waals surface area (Å²) in [6.07, 6.45) is 0. The Bertz CT molecular complexity index is 1020. The van der Waals surface area contributed by atoms with Gasteiger partial charge in [-0.05, 0) is 25.0 Å². The second-order valence-corrected chi connectivity index (χ2v) is 7.38. The molecule has 0 amide bonds. The molecule has 0 aromatic heterocycles. The van der Waals surface area contributed by atoms with Crippen molar-refractivity contribution in [2.45, 2.75) is 37.4 Å². The highest BCUT2D eigenvalue weighted by Crippen LogP contribution is 2.47. The minimum atomic E-state index is -2.20. The van der Waals surface area contributed by atoms with E-state index in [1.807, 2.05) is 0 Å². The molecule has 3 rings (SSSR count). The lowest BCUT2D eigenvalue weighted by molar-refractivity contribution is -0.527. The molecule has 0 aliphatic carbocycles. The van der Waals surface area contributed by atoms with Crippen molar-refractivity contribution in [3.8, 4) is 0 Å². The van der Waals surface area contributed by atoms with Gasteiger partial charge in [-0.15, -0.1) is 0 Å². The maximum absolute atomic E-state index is 13.3. The SMILES string of the molecule is CCOC(=O)C1(C(=O)OCC)N[C@H](c2ccc([N+](=O)[O-])cc2)[C@H]([N+](=O)[O-])[C@H]1c1ccccc1. The molecule has 3 atom stereocenters. The first-order valence-electron chi connectivity index (χ1n) is 10.3. The number of nitrogens with one attached hydrogen (secondary N) is 1. The Labute approximate surface area is 189 Å². The van der Waals surface area contributed by atoms with Crippen molar-refractivity contribution in [3.63, 3.8) is 0 Å². The first-order chi connectivity index (χ1) is 15.8. The van der Waals surface area contributed by atoms with E-state index >= 15 is 0 Å². The van der Waals surface area contributed by atoms with Crippen molar-refractivity contribution in [2.75, 3.05) is 13.2 Å². The van der Waals surface area contributed by atoms with E-state index in [9.17, 15) is 29.8 Å². The fraction of sp³-hybridized carbons (Fsp3) is 0.364. The molecule has 0 bridgehead atoms. The van der Waals surface area contributed by atoms with Gasteiger partial charge in [-0.1, -0.05) is 42.5 Å². The van der Waals surface area contributed by atoms with Crippen molar-refractivity contribution < 1.29 is 28.9 Å². The Hall–Kier alpha value is -3.86. The molecule has 11 nitrogen and oxygen atoms in total. The van der Waals surface area contributed by atoms with E-state index in [-0.39, 0.29) is 18.9 Å². The van der Waals surface area contributed by atoms with Gasteiger partial charge in [0.1, 0.15) is 6.04 Å². The molecule has 33 heavy (non-hydrogen) atoms.